The van der Waals surface area contributed by atoms with E-state index in [1.54, 1.807) is 18.2 Å². The molecule has 6 heteroatoms. The highest BCUT2D eigenvalue weighted by molar-refractivity contribution is 5.98. The summed E-state index contributed by atoms with van der Waals surface area (Å²) in [5.74, 6) is -0.119. The van der Waals surface area contributed by atoms with Crippen LogP contribution in [0, 0.1) is 0 Å². The molecule has 1 atom stereocenters. The molecule has 1 aliphatic rings. The van der Waals surface area contributed by atoms with Crippen LogP contribution in [0.5, 0.6) is 5.75 Å². The summed E-state index contributed by atoms with van der Waals surface area (Å²) in [6.07, 6.45) is 0. The molecule has 2 aromatic rings. The highest BCUT2D eigenvalue weighted by Gasteiger charge is 2.21. The van der Waals surface area contributed by atoms with Gasteiger partial charge in [-0.3, -0.25) is 9.69 Å². The van der Waals surface area contributed by atoms with Crippen LogP contribution in [0.4, 0.5) is 11.4 Å². The lowest BCUT2D eigenvalue weighted by atomic mass is 10.1. The van der Waals surface area contributed by atoms with Gasteiger partial charge in [0.1, 0.15) is 5.75 Å². The number of anilines is 2. The number of nitrogens with one attached hydrogen (secondary N) is 1. The van der Waals surface area contributed by atoms with Gasteiger partial charge in [-0.05, 0) is 43.3 Å². The molecule has 0 aliphatic carbocycles. The van der Waals surface area contributed by atoms with Crippen molar-refractivity contribution in [2.75, 3.05) is 42.9 Å². The fourth-order valence-corrected chi connectivity index (χ4v) is 3.32. The largest absolute Gasteiger partial charge is 0.508 e. The Labute approximate surface area is 154 Å². The predicted octanol–water partition coefficient (Wildman–Crippen LogP) is 2.11. The third kappa shape index (κ3) is 4.26. The van der Waals surface area contributed by atoms with Gasteiger partial charge in [-0.25, -0.2) is 0 Å². The minimum atomic E-state index is -0.414. The van der Waals surface area contributed by atoms with Crippen molar-refractivity contribution in [3.05, 3.63) is 54.1 Å². The van der Waals surface area contributed by atoms with Crippen molar-refractivity contribution in [1.82, 2.24) is 4.90 Å². The number of phenols is 1. The molecule has 26 heavy (non-hydrogen) atoms. The second kappa shape index (κ2) is 8.10. The van der Waals surface area contributed by atoms with E-state index in [4.69, 9.17) is 5.73 Å². The fraction of sp³-hybridized carbons (Fsp3) is 0.350. The zero-order chi connectivity index (χ0) is 18.5. The third-order valence-electron chi connectivity index (χ3n) is 4.93. The van der Waals surface area contributed by atoms with Crippen molar-refractivity contribution >= 4 is 17.3 Å². The Bertz CT molecular complexity index is 740. The molecular weight excluding hydrogens is 328 g/mol. The van der Waals surface area contributed by atoms with Crippen LogP contribution in [-0.2, 0) is 0 Å². The van der Waals surface area contributed by atoms with E-state index in [2.05, 4.69) is 22.0 Å². The number of primary amides is 1. The van der Waals surface area contributed by atoms with Crippen LogP contribution in [-0.4, -0.2) is 54.7 Å². The quantitative estimate of drug-likeness (QED) is 0.740. The number of para-hydroxylation sites is 1. The number of piperazine rings is 1. The minimum Gasteiger partial charge on any atom is -0.508 e. The lowest BCUT2D eigenvalue weighted by Gasteiger charge is -2.39. The Morgan fingerprint density at radius 3 is 2.42 bits per heavy atom. The standard InChI is InChI=1S/C20H26N4O2/c1-15(14-22-19-5-3-2-4-18(19)20(21)26)23-10-12-24(13-11-23)16-6-8-17(25)9-7-16/h2-9,15,22,25H,10-14H2,1H3,(H2,21,26). The maximum atomic E-state index is 11.5. The van der Waals surface area contributed by atoms with Gasteiger partial charge in [-0.15, -0.1) is 0 Å². The Morgan fingerprint density at radius 1 is 1.12 bits per heavy atom. The van der Waals surface area contributed by atoms with Crippen molar-refractivity contribution in [3.8, 4) is 5.75 Å². The summed E-state index contributed by atoms with van der Waals surface area (Å²) in [6.45, 7) is 6.79. The molecular formula is C20H26N4O2. The number of carbonyl (C=O) groups is 1. The number of carbonyl (C=O) groups excluding carboxylic acids is 1. The molecule has 138 valence electrons. The summed E-state index contributed by atoms with van der Waals surface area (Å²) in [5, 5.41) is 12.8. The lowest BCUT2D eigenvalue weighted by Crippen LogP contribution is -2.51. The van der Waals surface area contributed by atoms with E-state index >= 15 is 0 Å². The molecule has 0 saturated carbocycles. The lowest BCUT2D eigenvalue weighted by molar-refractivity contribution is 0.100. The van der Waals surface area contributed by atoms with Crippen LogP contribution in [0.15, 0.2) is 48.5 Å². The van der Waals surface area contributed by atoms with Crippen molar-refractivity contribution in [3.63, 3.8) is 0 Å². The SMILES string of the molecule is CC(CNc1ccccc1C(N)=O)N1CCN(c2ccc(O)cc2)CC1. The summed E-state index contributed by atoms with van der Waals surface area (Å²) in [6, 6.07) is 15.1. The Hall–Kier alpha value is -2.73. The maximum Gasteiger partial charge on any atom is 0.250 e. The Kier molecular flexibility index (Phi) is 5.63. The van der Waals surface area contributed by atoms with Gasteiger partial charge >= 0.3 is 0 Å². The van der Waals surface area contributed by atoms with Gasteiger partial charge in [0.05, 0.1) is 5.56 Å². The third-order valence-corrected chi connectivity index (χ3v) is 4.93. The molecule has 2 aromatic carbocycles. The predicted molar refractivity (Wildman–Crippen MR) is 105 cm³/mol. The number of nitrogens with two attached hydrogens (primary N) is 1. The number of hydrogen-bond donors (Lipinski definition) is 3. The van der Waals surface area contributed by atoms with Crippen molar-refractivity contribution in [2.24, 2.45) is 5.73 Å². The Balaban J connectivity index is 1.52. The topological polar surface area (TPSA) is 81.8 Å². The van der Waals surface area contributed by atoms with E-state index in [-0.39, 0.29) is 0 Å². The summed E-state index contributed by atoms with van der Waals surface area (Å²) in [4.78, 5) is 16.3. The number of hydrogen-bond acceptors (Lipinski definition) is 5. The molecule has 1 unspecified atom stereocenters. The van der Waals surface area contributed by atoms with E-state index in [0.29, 0.717) is 17.4 Å². The monoisotopic (exact) mass is 354 g/mol. The van der Waals surface area contributed by atoms with Crippen LogP contribution in [0.1, 0.15) is 17.3 Å². The first kappa shape index (κ1) is 18.1. The van der Waals surface area contributed by atoms with E-state index < -0.39 is 5.91 Å². The molecule has 1 aliphatic heterocycles. The number of nitrogens with zero attached hydrogens (tertiary/aromatic N) is 2. The van der Waals surface area contributed by atoms with Gasteiger partial charge in [0.15, 0.2) is 0 Å². The first-order valence-corrected chi connectivity index (χ1v) is 8.95. The molecule has 0 bridgehead atoms. The van der Waals surface area contributed by atoms with Crippen molar-refractivity contribution < 1.29 is 9.90 Å². The van der Waals surface area contributed by atoms with Crippen molar-refractivity contribution in [1.29, 1.82) is 0 Å². The van der Waals surface area contributed by atoms with Gasteiger partial charge < -0.3 is 21.1 Å². The first-order chi connectivity index (χ1) is 12.5. The second-order valence-electron chi connectivity index (χ2n) is 6.68. The average Bonchev–Trinajstić information content (AvgIpc) is 2.67. The number of aromatic hydroxyl groups is 1. The van der Waals surface area contributed by atoms with E-state index in [9.17, 15) is 9.90 Å². The molecule has 4 N–H and O–H groups in total. The first-order valence-electron chi connectivity index (χ1n) is 8.95. The highest BCUT2D eigenvalue weighted by atomic mass is 16.3. The van der Waals surface area contributed by atoms with Crippen molar-refractivity contribution in [2.45, 2.75) is 13.0 Å². The molecule has 1 heterocycles. The fourth-order valence-electron chi connectivity index (χ4n) is 3.32. The van der Waals surface area contributed by atoms with E-state index in [1.807, 2.05) is 30.3 Å². The van der Waals surface area contributed by atoms with E-state index in [0.717, 1.165) is 44.1 Å². The van der Waals surface area contributed by atoms with Crippen LogP contribution < -0.4 is 16.0 Å². The number of amides is 1. The summed E-state index contributed by atoms with van der Waals surface area (Å²) >= 11 is 0. The second-order valence-corrected chi connectivity index (χ2v) is 6.68. The molecule has 1 saturated heterocycles. The minimum absolute atomic E-state index is 0.295. The smallest absolute Gasteiger partial charge is 0.250 e. The average molecular weight is 354 g/mol. The molecule has 3 rings (SSSR count). The number of phenolic OH excluding ortho intramolecular Hbond substituents is 1. The Morgan fingerprint density at radius 2 is 1.77 bits per heavy atom. The number of benzene rings is 2. The van der Waals surface area contributed by atoms with Crippen LogP contribution in [0.3, 0.4) is 0 Å². The molecule has 0 spiro atoms. The molecule has 6 nitrogen and oxygen atoms in total. The van der Waals surface area contributed by atoms with E-state index in [1.165, 1.54) is 0 Å². The zero-order valence-corrected chi connectivity index (χ0v) is 15.1. The van der Waals surface area contributed by atoms with Gasteiger partial charge in [0, 0.05) is 50.1 Å². The molecule has 1 fully saturated rings. The normalized spacial score (nSPS) is 16.3. The van der Waals surface area contributed by atoms with Gasteiger partial charge in [-0.1, -0.05) is 12.1 Å². The summed E-state index contributed by atoms with van der Waals surface area (Å²) < 4.78 is 0. The van der Waals surface area contributed by atoms with Gasteiger partial charge in [0.2, 0.25) is 0 Å². The van der Waals surface area contributed by atoms with Gasteiger partial charge in [0.25, 0.3) is 5.91 Å². The maximum absolute atomic E-state index is 11.5. The zero-order valence-electron chi connectivity index (χ0n) is 15.1. The van der Waals surface area contributed by atoms with Crippen LogP contribution >= 0.6 is 0 Å². The van der Waals surface area contributed by atoms with Crippen LogP contribution in [0.2, 0.25) is 0 Å². The van der Waals surface area contributed by atoms with Crippen LogP contribution in [0.25, 0.3) is 0 Å². The number of rotatable bonds is 6. The summed E-state index contributed by atoms with van der Waals surface area (Å²) in [7, 11) is 0. The highest BCUT2D eigenvalue weighted by Crippen LogP contribution is 2.21. The molecule has 0 radical (unpaired) electrons. The molecule has 0 aromatic heterocycles. The summed E-state index contributed by atoms with van der Waals surface area (Å²) in [5.41, 5.74) is 7.89. The van der Waals surface area contributed by atoms with Gasteiger partial charge in [-0.2, -0.15) is 0 Å². The molecule has 1 amide bonds.